The van der Waals surface area contributed by atoms with E-state index in [1.807, 2.05) is 0 Å². The summed E-state index contributed by atoms with van der Waals surface area (Å²) in [6, 6.07) is 1.68. The number of esters is 1. The van der Waals surface area contributed by atoms with E-state index < -0.39 is 63.3 Å². The van der Waals surface area contributed by atoms with Gasteiger partial charge in [0.05, 0.1) is 7.11 Å². The van der Waals surface area contributed by atoms with Crippen LogP contribution in [0, 0.1) is 0 Å². The van der Waals surface area contributed by atoms with Crippen LogP contribution >= 0.6 is 0 Å². The molecule has 0 radical (unpaired) electrons. The van der Waals surface area contributed by atoms with Gasteiger partial charge in [-0.3, -0.25) is 9.59 Å². The van der Waals surface area contributed by atoms with Crippen molar-refractivity contribution in [3.63, 3.8) is 0 Å². The van der Waals surface area contributed by atoms with Crippen molar-refractivity contribution in [1.29, 1.82) is 0 Å². The second kappa shape index (κ2) is 5.20. The van der Waals surface area contributed by atoms with Crippen LogP contribution in [0.2, 0.25) is 0 Å². The summed E-state index contributed by atoms with van der Waals surface area (Å²) in [5.74, 6) is -8.90. The van der Waals surface area contributed by atoms with Gasteiger partial charge in [0.25, 0.3) is 0 Å². The minimum Gasteiger partial charge on any atom is -0.504 e. The Bertz CT molecular complexity index is 878. The van der Waals surface area contributed by atoms with E-state index in [0.29, 0.717) is 0 Å². The van der Waals surface area contributed by atoms with Gasteiger partial charge < -0.3 is 35.4 Å². The second-order valence-corrected chi connectivity index (χ2v) is 5.39. The van der Waals surface area contributed by atoms with E-state index in [-0.39, 0.29) is 11.1 Å². The summed E-state index contributed by atoms with van der Waals surface area (Å²) in [5, 5.41) is 59.0. The van der Waals surface area contributed by atoms with Crippen LogP contribution in [0.5, 0.6) is 34.5 Å². The number of fused-ring (bicyclic) bond motifs is 2. The summed E-state index contributed by atoms with van der Waals surface area (Å²) in [7, 11) is 1.02. The van der Waals surface area contributed by atoms with E-state index >= 15 is 0 Å². The van der Waals surface area contributed by atoms with E-state index in [1.54, 1.807) is 0 Å². The molecule has 0 spiro atoms. The lowest BCUT2D eigenvalue weighted by Gasteiger charge is -2.28. The van der Waals surface area contributed by atoms with Crippen molar-refractivity contribution < 1.29 is 45.0 Å². The topological polar surface area (TPSA) is 165 Å². The summed E-state index contributed by atoms with van der Waals surface area (Å²) < 4.78 is 4.63. The number of hydrogen-bond donors (Lipinski definition) is 6. The van der Waals surface area contributed by atoms with Crippen LogP contribution in [0.15, 0.2) is 12.1 Å². The van der Waals surface area contributed by atoms with Gasteiger partial charge in [-0.05, 0) is 12.1 Å². The van der Waals surface area contributed by atoms with Crippen molar-refractivity contribution in [3.8, 4) is 34.5 Å². The molecule has 0 unspecified atom stereocenters. The molecule has 1 aliphatic rings. The monoisotopic (exact) mass is 348 g/mol. The molecule has 2 aromatic rings. The highest BCUT2D eigenvalue weighted by Crippen LogP contribution is 2.53. The van der Waals surface area contributed by atoms with E-state index in [4.69, 9.17) is 0 Å². The first-order valence-electron chi connectivity index (χ1n) is 6.88. The molecule has 0 heterocycles. The fourth-order valence-electron chi connectivity index (χ4n) is 2.92. The predicted molar refractivity (Wildman–Crippen MR) is 80.2 cm³/mol. The van der Waals surface area contributed by atoms with Crippen LogP contribution in [0.3, 0.4) is 0 Å². The molecule has 1 aliphatic carbocycles. The number of benzene rings is 2. The lowest BCUT2D eigenvalue weighted by Crippen LogP contribution is -2.26. The summed E-state index contributed by atoms with van der Waals surface area (Å²) in [4.78, 5) is 24.9. The molecule has 9 heteroatoms. The van der Waals surface area contributed by atoms with Crippen molar-refractivity contribution in [2.24, 2.45) is 0 Å². The van der Waals surface area contributed by atoms with Gasteiger partial charge in [-0.15, -0.1) is 0 Å². The third kappa shape index (κ3) is 2.02. The summed E-state index contributed by atoms with van der Waals surface area (Å²) >= 11 is 0. The van der Waals surface area contributed by atoms with Crippen LogP contribution in [0.4, 0.5) is 0 Å². The van der Waals surface area contributed by atoms with E-state index in [1.165, 1.54) is 0 Å². The zero-order chi connectivity index (χ0) is 18.6. The number of phenols is 6. The number of hydrogen-bond acceptors (Lipinski definition) is 9. The average Bonchev–Trinajstić information content (AvgIpc) is 2.59. The molecule has 0 fully saturated rings. The van der Waals surface area contributed by atoms with Crippen LogP contribution in [0.1, 0.15) is 33.0 Å². The first-order chi connectivity index (χ1) is 11.7. The standard InChI is InChI=1S/C16H12O9/c1-25-16(24)10-8-4(2-6(17)12(20)14(8)22)11(19)5-3-7(18)13(21)15(23)9(5)10/h2-3,10,17-18,20-23H,1H3. The van der Waals surface area contributed by atoms with Gasteiger partial charge >= 0.3 is 5.97 Å². The molecule has 25 heavy (non-hydrogen) atoms. The lowest BCUT2D eigenvalue weighted by atomic mass is 9.76. The molecule has 0 atom stereocenters. The second-order valence-electron chi connectivity index (χ2n) is 5.39. The Kier molecular flexibility index (Phi) is 3.38. The summed E-state index contributed by atoms with van der Waals surface area (Å²) in [5.41, 5.74) is -1.47. The van der Waals surface area contributed by atoms with Crippen molar-refractivity contribution in [2.45, 2.75) is 5.92 Å². The first-order valence-corrected chi connectivity index (χ1v) is 6.88. The number of phenolic OH excluding ortho intramolecular Hbond substituents is 6. The highest BCUT2D eigenvalue weighted by atomic mass is 16.5. The van der Waals surface area contributed by atoms with Gasteiger partial charge in [0.15, 0.2) is 28.8 Å². The Morgan fingerprint density at radius 1 is 0.840 bits per heavy atom. The highest BCUT2D eigenvalue weighted by Gasteiger charge is 2.43. The number of ether oxygens (including phenoxy) is 1. The quantitative estimate of drug-likeness (QED) is 0.322. The molecule has 130 valence electrons. The lowest BCUT2D eigenvalue weighted by molar-refractivity contribution is -0.141. The maximum absolute atomic E-state index is 12.6. The average molecular weight is 348 g/mol. The molecule has 0 aliphatic heterocycles. The molecule has 9 nitrogen and oxygen atoms in total. The van der Waals surface area contributed by atoms with E-state index in [9.17, 15) is 40.2 Å². The largest absolute Gasteiger partial charge is 0.504 e. The van der Waals surface area contributed by atoms with Gasteiger partial charge in [-0.1, -0.05) is 0 Å². The molecule has 0 aromatic heterocycles. The number of carbonyl (C=O) groups is 2. The number of carbonyl (C=O) groups excluding carboxylic acids is 2. The first kappa shape index (κ1) is 16.2. The Balaban J connectivity index is 2.47. The highest BCUT2D eigenvalue weighted by molar-refractivity contribution is 6.16. The maximum atomic E-state index is 12.6. The van der Waals surface area contributed by atoms with Gasteiger partial charge in [0.1, 0.15) is 5.92 Å². The normalized spacial score (nSPS) is 13.2. The zero-order valence-corrected chi connectivity index (χ0v) is 12.6. The Hall–Kier alpha value is -3.62. The summed E-state index contributed by atoms with van der Waals surface area (Å²) in [6.07, 6.45) is 0. The van der Waals surface area contributed by atoms with Gasteiger partial charge in [0.2, 0.25) is 11.5 Å². The predicted octanol–water partition coefficient (Wildman–Crippen LogP) is 0.769. The number of aromatic hydroxyl groups is 6. The number of rotatable bonds is 1. The third-order valence-corrected chi connectivity index (χ3v) is 4.09. The fraction of sp³-hybridized carbons (Fsp3) is 0.125. The fourth-order valence-corrected chi connectivity index (χ4v) is 2.92. The van der Waals surface area contributed by atoms with Crippen LogP contribution < -0.4 is 0 Å². The molecular formula is C16H12O9. The van der Waals surface area contributed by atoms with Crippen molar-refractivity contribution >= 4 is 11.8 Å². The Morgan fingerprint density at radius 2 is 1.24 bits per heavy atom. The smallest absolute Gasteiger partial charge is 0.317 e. The molecule has 3 rings (SSSR count). The van der Waals surface area contributed by atoms with Crippen molar-refractivity contribution in [3.05, 3.63) is 34.4 Å². The Labute approximate surface area is 139 Å². The van der Waals surface area contributed by atoms with Gasteiger partial charge in [-0.25, -0.2) is 0 Å². The molecule has 0 saturated carbocycles. The Morgan fingerprint density at radius 3 is 1.60 bits per heavy atom. The SMILES string of the molecule is COC(=O)C1c2c(cc(O)c(O)c2O)C(=O)c2cc(O)c(O)c(O)c21. The van der Waals surface area contributed by atoms with Gasteiger partial charge in [0, 0.05) is 22.3 Å². The van der Waals surface area contributed by atoms with E-state index in [2.05, 4.69) is 4.74 Å². The van der Waals surface area contributed by atoms with Crippen LogP contribution in [0.25, 0.3) is 0 Å². The van der Waals surface area contributed by atoms with Crippen molar-refractivity contribution in [2.75, 3.05) is 7.11 Å². The molecule has 0 bridgehead atoms. The molecule has 6 N–H and O–H groups in total. The minimum atomic E-state index is -1.59. The summed E-state index contributed by atoms with van der Waals surface area (Å²) in [6.45, 7) is 0. The van der Waals surface area contributed by atoms with Crippen LogP contribution in [-0.4, -0.2) is 49.5 Å². The third-order valence-electron chi connectivity index (χ3n) is 4.09. The van der Waals surface area contributed by atoms with Crippen molar-refractivity contribution in [1.82, 2.24) is 0 Å². The van der Waals surface area contributed by atoms with E-state index in [0.717, 1.165) is 19.2 Å². The van der Waals surface area contributed by atoms with Crippen LogP contribution in [-0.2, 0) is 9.53 Å². The number of ketones is 1. The van der Waals surface area contributed by atoms with Gasteiger partial charge in [-0.2, -0.15) is 0 Å². The molecule has 2 aromatic carbocycles. The maximum Gasteiger partial charge on any atom is 0.317 e. The number of methoxy groups -OCH3 is 1. The molecule has 0 amide bonds. The minimum absolute atomic E-state index is 0.333. The molecule has 0 saturated heterocycles. The molecular weight excluding hydrogens is 336 g/mol. The zero-order valence-electron chi connectivity index (χ0n) is 12.6.